The summed E-state index contributed by atoms with van der Waals surface area (Å²) in [6.07, 6.45) is 1.62. The topological polar surface area (TPSA) is 100.0 Å². The summed E-state index contributed by atoms with van der Waals surface area (Å²) < 4.78 is 16.1. The summed E-state index contributed by atoms with van der Waals surface area (Å²) in [7, 11) is 1.55. The number of benzene rings is 1. The van der Waals surface area contributed by atoms with E-state index in [1.165, 1.54) is 0 Å². The number of ether oxygens (including phenoxy) is 1. The minimum absolute atomic E-state index is 0.359. The molecule has 0 atom stereocenters. The fourth-order valence-corrected chi connectivity index (χ4v) is 2.37. The minimum Gasteiger partial charge on any atom is -0.481 e. The molecule has 0 bridgehead atoms. The van der Waals surface area contributed by atoms with E-state index in [1.807, 2.05) is 24.3 Å². The zero-order valence-electron chi connectivity index (χ0n) is 13.5. The Hall–Kier alpha value is -3.55. The van der Waals surface area contributed by atoms with Crippen LogP contribution >= 0.6 is 0 Å². The van der Waals surface area contributed by atoms with Gasteiger partial charge in [-0.25, -0.2) is 4.98 Å². The standard InChI is InChI=1S/C17H13N5O3/c1-10-20-21-17(24-10)13-6-4-3-5-12(13)16-19-15(22-25-16)11-7-8-18-14(9-11)23-2/h3-9H,1-2H3. The Morgan fingerprint density at radius 1 is 1.00 bits per heavy atom. The van der Waals surface area contributed by atoms with E-state index in [1.54, 1.807) is 32.4 Å². The maximum atomic E-state index is 5.52. The summed E-state index contributed by atoms with van der Waals surface area (Å²) in [4.78, 5) is 8.54. The van der Waals surface area contributed by atoms with E-state index in [2.05, 4.69) is 25.3 Å². The smallest absolute Gasteiger partial charge is 0.259 e. The molecular formula is C17H13N5O3. The molecule has 25 heavy (non-hydrogen) atoms. The van der Waals surface area contributed by atoms with Crippen molar-refractivity contribution >= 4 is 0 Å². The highest BCUT2D eigenvalue weighted by Gasteiger charge is 2.18. The number of hydrogen-bond donors (Lipinski definition) is 0. The zero-order chi connectivity index (χ0) is 17.2. The fraction of sp³-hybridized carbons (Fsp3) is 0.118. The zero-order valence-corrected chi connectivity index (χ0v) is 13.5. The van der Waals surface area contributed by atoms with Crippen LogP contribution in [0.4, 0.5) is 0 Å². The van der Waals surface area contributed by atoms with Gasteiger partial charge in [0.15, 0.2) is 0 Å². The lowest BCUT2D eigenvalue weighted by Crippen LogP contribution is -1.89. The van der Waals surface area contributed by atoms with Gasteiger partial charge < -0.3 is 13.7 Å². The summed E-state index contributed by atoms with van der Waals surface area (Å²) in [6.45, 7) is 1.74. The average molecular weight is 335 g/mol. The molecule has 0 fully saturated rings. The quantitative estimate of drug-likeness (QED) is 0.560. The van der Waals surface area contributed by atoms with Crippen LogP contribution in [0.15, 0.2) is 51.5 Å². The van der Waals surface area contributed by atoms with Crippen molar-refractivity contribution in [1.29, 1.82) is 0 Å². The number of rotatable bonds is 4. The number of aromatic nitrogens is 5. The van der Waals surface area contributed by atoms with Crippen LogP contribution in [0.1, 0.15) is 5.89 Å². The summed E-state index contributed by atoms with van der Waals surface area (Å²) in [5, 5.41) is 12.0. The van der Waals surface area contributed by atoms with E-state index in [-0.39, 0.29) is 0 Å². The van der Waals surface area contributed by atoms with Crippen molar-refractivity contribution in [2.45, 2.75) is 6.92 Å². The number of pyridine rings is 1. The van der Waals surface area contributed by atoms with Crippen LogP contribution in [0.25, 0.3) is 34.3 Å². The molecule has 0 aliphatic rings. The van der Waals surface area contributed by atoms with Crippen molar-refractivity contribution < 1.29 is 13.7 Å². The molecule has 3 heterocycles. The summed E-state index contributed by atoms with van der Waals surface area (Å²) in [5.74, 6) is 2.16. The average Bonchev–Trinajstić information content (AvgIpc) is 3.31. The maximum Gasteiger partial charge on any atom is 0.259 e. The first-order valence-corrected chi connectivity index (χ1v) is 7.48. The number of aryl methyl sites for hydroxylation is 1. The largest absolute Gasteiger partial charge is 0.481 e. The van der Waals surface area contributed by atoms with Crippen LogP contribution in [0.5, 0.6) is 5.88 Å². The van der Waals surface area contributed by atoms with Crippen molar-refractivity contribution in [3.63, 3.8) is 0 Å². The van der Waals surface area contributed by atoms with Crippen molar-refractivity contribution in [3.8, 4) is 40.2 Å². The Morgan fingerprint density at radius 3 is 2.52 bits per heavy atom. The molecule has 124 valence electrons. The van der Waals surface area contributed by atoms with Crippen LogP contribution in [0.2, 0.25) is 0 Å². The molecule has 0 spiro atoms. The number of hydrogen-bond acceptors (Lipinski definition) is 8. The van der Waals surface area contributed by atoms with Crippen LogP contribution in [0, 0.1) is 6.92 Å². The lowest BCUT2D eigenvalue weighted by atomic mass is 10.1. The van der Waals surface area contributed by atoms with E-state index in [0.29, 0.717) is 34.9 Å². The maximum absolute atomic E-state index is 5.52. The molecule has 8 nitrogen and oxygen atoms in total. The summed E-state index contributed by atoms with van der Waals surface area (Å²) in [5.41, 5.74) is 2.18. The van der Waals surface area contributed by atoms with E-state index in [0.717, 1.165) is 11.1 Å². The molecule has 0 amide bonds. The van der Waals surface area contributed by atoms with Crippen molar-refractivity contribution in [2.75, 3.05) is 7.11 Å². The van der Waals surface area contributed by atoms with Crippen LogP contribution in [-0.2, 0) is 0 Å². The number of methoxy groups -OCH3 is 1. The van der Waals surface area contributed by atoms with Crippen LogP contribution in [0.3, 0.4) is 0 Å². The minimum atomic E-state index is 0.359. The second-order valence-corrected chi connectivity index (χ2v) is 5.18. The van der Waals surface area contributed by atoms with Gasteiger partial charge in [0.05, 0.1) is 18.2 Å². The third-order valence-corrected chi connectivity index (χ3v) is 3.54. The fourth-order valence-electron chi connectivity index (χ4n) is 2.37. The Morgan fingerprint density at radius 2 is 1.80 bits per heavy atom. The van der Waals surface area contributed by atoms with Crippen LogP contribution in [-0.4, -0.2) is 32.4 Å². The molecule has 4 rings (SSSR count). The van der Waals surface area contributed by atoms with Gasteiger partial charge in [0, 0.05) is 24.8 Å². The molecular weight excluding hydrogens is 322 g/mol. The highest BCUT2D eigenvalue weighted by atomic mass is 16.5. The lowest BCUT2D eigenvalue weighted by Gasteiger charge is -2.01. The second kappa shape index (κ2) is 6.16. The SMILES string of the molecule is COc1cc(-c2noc(-c3ccccc3-c3nnc(C)o3)n2)ccn1. The van der Waals surface area contributed by atoms with E-state index >= 15 is 0 Å². The lowest BCUT2D eigenvalue weighted by molar-refractivity contribution is 0.398. The van der Waals surface area contributed by atoms with Crippen molar-refractivity contribution in [1.82, 2.24) is 25.3 Å². The van der Waals surface area contributed by atoms with Gasteiger partial charge in [-0.2, -0.15) is 4.98 Å². The molecule has 0 radical (unpaired) electrons. The van der Waals surface area contributed by atoms with E-state index in [4.69, 9.17) is 13.7 Å². The van der Waals surface area contributed by atoms with Gasteiger partial charge in [-0.15, -0.1) is 10.2 Å². The summed E-state index contributed by atoms with van der Waals surface area (Å²) >= 11 is 0. The Labute approximate surface area is 142 Å². The highest BCUT2D eigenvalue weighted by molar-refractivity contribution is 5.76. The molecule has 8 heteroatoms. The highest BCUT2D eigenvalue weighted by Crippen LogP contribution is 2.31. The molecule has 1 aromatic carbocycles. The Kier molecular flexibility index (Phi) is 3.70. The van der Waals surface area contributed by atoms with Crippen molar-refractivity contribution in [3.05, 3.63) is 48.5 Å². The number of nitrogens with zero attached hydrogens (tertiary/aromatic N) is 5. The molecule has 4 aromatic rings. The first-order valence-electron chi connectivity index (χ1n) is 7.48. The third-order valence-electron chi connectivity index (χ3n) is 3.54. The van der Waals surface area contributed by atoms with Gasteiger partial charge in [0.1, 0.15) is 0 Å². The van der Waals surface area contributed by atoms with E-state index in [9.17, 15) is 0 Å². The third kappa shape index (κ3) is 2.85. The molecule has 0 aliphatic heterocycles. The van der Waals surface area contributed by atoms with Gasteiger partial charge in [0.25, 0.3) is 5.89 Å². The monoisotopic (exact) mass is 335 g/mol. The molecule has 0 saturated carbocycles. The van der Waals surface area contributed by atoms with E-state index < -0.39 is 0 Å². The molecule has 0 N–H and O–H groups in total. The molecule has 3 aromatic heterocycles. The predicted octanol–water partition coefficient (Wildman–Crippen LogP) is 3.17. The first kappa shape index (κ1) is 15.0. The molecule has 0 unspecified atom stereocenters. The first-order chi connectivity index (χ1) is 12.2. The summed E-state index contributed by atoms with van der Waals surface area (Å²) in [6, 6.07) is 11.0. The normalized spacial score (nSPS) is 10.8. The van der Waals surface area contributed by atoms with Gasteiger partial charge in [-0.1, -0.05) is 17.3 Å². The van der Waals surface area contributed by atoms with Gasteiger partial charge >= 0.3 is 0 Å². The van der Waals surface area contributed by atoms with Gasteiger partial charge in [-0.3, -0.25) is 0 Å². The molecule has 0 saturated heterocycles. The van der Waals surface area contributed by atoms with Gasteiger partial charge in [0.2, 0.25) is 23.5 Å². The Balaban J connectivity index is 1.76. The second-order valence-electron chi connectivity index (χ2n) is 5.18. The predicted molar refractivity (Wildman–Crippen MR) is 87.5 cm³/mol. The van der Waals surface area contributed by atoms with Gasteiger partial charge in [-0.05, 0) is 18.2 Å². The van der Waals surface area contributed by atoms with Crippen molar-refractivity contribution in [2.24, 2.45) is 0 Å². The molecule has 0 aliphatic carbocycles. The Bertz CT molecular complexity index is 1020. The van der Waals surface area contributed by atoms with Crippen LogP contribution < -0.4 is 4.74 Å².